The Morgan fingerprint density at radius 3 is 2.17 bits per heavy atom. The molecule has 1 atom stereocenters. The molecule has 1 N–H and O–H groups in total. The first kappa shape index (κ1) is 20.8. The molecule has 1 fully saturated rings. The second-order valence-corrected chi connectivity index (χ2v) is 9.04. The van der Waals surface area contributed by atoms with Crippen molar-refractivity contribution >= 4 is 17.7 Å². The third-order valence-electron chi connectivity index (χ3n) is 5.98. The van der Waals surface area contributed by atoms with E-state index in [0.29, 0.717) is 11.1 Å². The molecule has 6 nitrogen and oxygen atoms in total. The van der Waals surface area contributed by atoms with Crippen LogP contribution in [0.1, 0.15) is 60.6 Å². The fourth-order valence-electron chi connectivity index (χ4n) is 3.71. The van der Waals surface area contributed by atoms with Crippen LogP contribution in [0.15, 0.2) is 30.3 Å². The van der Waals surface area contributed by atoms with E-state index < -0.39 is 17.5 Å². The number of nitrogens with one attached hydrogen (secondary N) is 1. The quantitative estimate of drug-likeness (QED) is 0.635. The number of rotatable bonds is 4. The van der Waals surface area contributed by atoms with Gasteiger partial charge in [0.1, 0.15) is 5.54 Å². The van der Waals surface area contributed by atoms with Gasteiger partial charge in [0.25, 0.3) is 5.91 Å². The largest absolute Gasteiger partial charge is 0.351 e. The summed E-state index contributed by atoms with van der Waals surface area (Å²) in [7, 11) is 1.88. The molecule has 0 aliphatic carbocycles. The van der Waals surface area contributed by atoms with Crippen molar-refractivity contribution < 1.29 is 14.4 Å². The highest BCUT2D eigenvalue weighted by Gasteiger charge is 2.49. The van der Waals surface area contributed by atoms with E-state index in [2.05, 4.69) is 26.1 Å². The Bertz CT molecular complexity index is 996. The number of Topliss-reactive ketones (excluding diaryl/α,β-unsaturated/α-hetero) is 1. The second kappa shape index (κ2) is 6.87. The first-order valence-corrected chi connectivity index (χ1v) is 9.77. The van der Waals surface area contributed by atoms with Gasteiger partial charge < -0.3 is 9.88 Å². The molecule has 1 aromatic carbocycles. The zero-order valence-electron chi connectivity index (χ0n) is 18.2. The predicted molar refractivity (Wildman–Crippen MR) is 112 cm³/mol. The fourth-order valence-corrected chi connectivity index (χ4v) is 3.71. The first-order valence-electron chi connectivity index (χ1n) is 9.77. The molecule has 1 aliphatic rings. The average molecular weight is 396 g/mol. The van der Waals surface area contributed by atoms with Gasteiger partial charge in [0.2, 0.25) is 0 Å². The number of aromatic nitrogens is 1. The Kier molecular flexibility index (Phi) is 4.93. The molecular formula is C23H29N3O3. The molecule has 154 valence electrons. The van der Waals surface area contributed by atoms with Crippen LogP contribution in [0.2, 0.25) is 0 Å². The van der Waals surface area contributed by atoms with Crippen LogP contribution in [0.3, 0.4) is 0 Å². The maximum Gasteiger partial charge on any atom is 0.325 e. The number of imide groups is 1. The minimum absolute atomic E-state index is 0.00744. The van der Waals surface area contributed by atoms with Gasteiger partial charge in [-0.15, -0.1) is 0 Å². The van der Waals surface area contributed by atoms with E-state index >= 15 is 0 Å². The summed E-state index contributed by atoms with van der Waals surface area (Å²) in [6.45, 7) is 11.5. The van der Waals surface area contributed by atoms with E-state index in [-0.39, 0.29) is 17.7 Å². The van der Waals surface area contributed by atoms with Gasteiger partial charge in [-0.3, -0.25) is 14.5 Å². The summed E-state index contributed by atoms with van der Waals surface area (Å²) in [4.78, 5) is 39.5. The van der Waals surface area contributed by atoms with Gasteiger partial charge in [-0.1, -0.05) is 45.0 Å². The Balaban J connectivity index is 1.85. The van der Waals surface area contributed by atoms with Crippen LogP contribution < -0.4 is 5.32 Å². The van der Waals surface area contributed by atoms with Crippen molar-refractivity contribution in [2.45, 2.75) is 52.5 Å². The van der Waals surface area contributed by atoms with E-state index in [0.717, 1.165) is 21.9 Å². The van der Waals surface area contributed by atoms with E-state index in [1.54, 1.807) is 13.0 Å². The van der Waals surface area contributed by atoms with Gasteiger partial charge in [0, 0.05) is 24.0 Å². The SMILES string of the molecule is Cc1cc(C(=O)CN2C(=O)N[C@@](C)(c3ccc(C(C)(C)C)cc3)C2=O)c(C)n1C. The van der Waals surface area contributed by atoms with Crippen LogP contribution in [0, 0.1) is 13.8 Å². The normalized spacial score (nSPS) is 19.6. The molecule has 3 amide bonds. The lowest BCUT2D eigenvalue weighted by atomic mass is 9.84. The Morgan fingerprint density at radius 2 is 1.69 bits per heavy atom. The maximum absolute atomic E-state index is 13.1. The van der Waals surface area contributed by atoms with Gasteiger partial charge >= 0.3 is 6.03 Å². The molecule has 1 saturated heterocycles. The molecule has 1 aromatic heterocycles. The summed E-state index contributed by atoms with van der Waals surface area (Å²) < 4.78 is 1.92. The third kappa shape index (κ3) is 3.48. The highest BCUT2D eigenvalue weighted by atomic mass is 16.2. The lowest BCUT2D eigenvalue weighted by Gasteiger charge is -2.24. The molecule has 1 aliphatic heterocycles. The minimum Gasteiger partial charge on any atom is -0.351 e. The van der Waals surface area contributed by atoms with Crippen LogP contribution in [0.25, 0.3) is 0 Å². The van der Waals surface area contributed by atoms with Crippen LogP contribution >= 0.6 is 0 Å². The number of aryl methyl sites for hydroxylation is 1. The van der Waals surface area contributed by atoms with E-state index in [9.17, 15) is 14.4 Å². The summed E-state index contributed by atoms with van der Waals surface area (Å²) in [6.07, 6.45) is 0. The summed E-state index contributed by atoms with van der Waals surface area (Å²) >= 11 is 0. The Labute approximate surface area is 171 Å². The fraction of sp³-hybridized carbons (Fsp3) is 0.435. The monoisotopic (exact) mass is 395 g/mol. The molecule has 0 radical (unpaired) electrons. The van der Waals surface area contributed by atoms with Crippen LogP contribution in [0.4, 0.5) is 4.79 Å². The van der Waals surface area contributed by atoms with E-state index in [1.807, 2.05) is 49.7 Å². The summed E-state index contributed by atoms with van der Waals surface area (Å²) in [5.74, 6) is -0.660. The Morgan fingerprint density at radius 1 is 1.10 bits per heavy atom. The zero-order chi connectivity index (χ0) is 21.7. The van der Waals surface area contributed by atoms with Gasteiger partial charge in [-0.05, 0) is 43.4 Å². The van der Waals surface area contributed by atoms with Gasteiger partial charge in [-0.25, -0.2) is 4.79 Å². The number of nitrogens with zero attached hydrogens (tertiary/aromatic N) is 2. The molecule has 0 unspecified atom stereocenters. The topological polar surface area (TPSA) is 71.4 Å². The number of carbonyl (C=O) groups excluding carboxylic acids is 3. The van der Waals surface area contributed by atoms with Crippen LogP contribution in [-0.2, 0) is 22.8 Å². The van der Waals surface area contributed by atoms with Crippen molar-refractivity contribution in [2.24, 2.45) is 7.05 Å². The smallest absolute Gasteiger partial charge is 0.325 e. The molecular weight excluding hydrogens is 366 g/mol. The van der Waals surface area contributed by atoms with Crippen molar-refractivity contribution in [3.05, 3.63) is 58.4 Å². The lowest BCUT2D eigenvalue weighted by Crippen LogP contribution is -2.41. The van der Waals surface area contributed by atoms with E-state index in [1.165, 1.54) is 0 Å². The molecule has 29 heavy (non-hydrogen) atoms. The third-order valence-corrected chi connectivity index (χ3v) is 5.98. The number of benzene rings is 1. The molecule has 2 aromatic rings. The van der Waals surface area contributed by atoms with Crippen molar-refractivity contribution in [3.63, 3.8) is 0 Å². The molecule has 6 heteroatoms. The lowest BCUT2D eigenvalue weighted by molar-refractivity contribution is -0.130. The summed E-state index contributed by atoms with van der Waals surface area (Å²) in [6, 6.07) is 8.94. The van der Waals surface area contributed by atoms with Crippen LogP contribution in [-0.4, -0.2) is 33.7 Å². The first-order chi connectivity index (χ1) is 13.4. The number of carbonyl (C=O) groups is 3. The molecule has 0 bridgehead atoms. The number of ketones is 1. The van der Waals surface area contributed by atoms with Gasteiger partial charge in [0.05, 0.1) is 6.54 Å². The van der Waals surface area contributed by atoms with Crippen molar-refractivity contribution in [3.8, 4) is 0 Å². The van der Waals surface area contributed by atoms with Crippen molar-refractivity contribution in [1.29, 1.82) is 0 Å². The average Bonchev–Trinajstić information content (AvgIpc) is 3.03. The predicted octanol–water partition coefficient (Wildman–Crippen LogP) is 3.59. The van der Waals surface area contributed by atoms with E-state index in [4.69, 9.17) is 0 Å². The minimum atomic E-state index is -1.19. The van der Waals surface area contributed by atoms with Gasteiger partial charge in [-0.2, -0.15) is 0 Å². The molecule has 3 rings (SSSR count). The summed E-state index contributed by atoms with van der Waals surface area (Å²) in [5, 5.41) is 2.77. The maximum atomic E-state index is 13.1. The molecule has 0 spiro atoms. The van der Waals surface area contributed by atoms with Crippen molar-refractivity contribution in [2.75, 3.05) is 6.54 Å². The highest BCUT2D eigenvalue weighted by Crippen LogP contribution is 2.31. The molecule has 2 heterocycles. The second-order valence-electron chi connectivity index (χ2n) is 9.04. The number of hydrogen-bond acceptors (Lipinski definition) is 3. The number of urea groups is 1. The highest BCUT2D eigenvalue weighted by molar-refractivity contribution is 6.11. The summed E-state index contributed by atoms with van der Waals surface area (Å²) in [5.41, 5.74) is 2.96. The zero-order valence-corrected chi connectivity index (χ0v) is 18.2. The number of hydrogen-bond donors (Lipinski definition) is 1. The van der Waals surface area contributed by atoms with Crippen LogP contribution in [0.5, 0.6) is 0 Å². The van der Waals surface area contributed by atoms with Gasteiger partial charge in [0.15, 0.2) is 5.78 Å². The molecule has 0 saturated carbocycles. The number of amides is 3. The Hall–Kier alpha value is -2.89. The standard InChI is InChI=1S/C23H29N3O3/c1-14-12-18(15(2)25(14)7)19(27)13-26-20(28)23(6,24-21(26)29)17-10-8-16(9-11-17)22(3,4)5/h8-12H,13H2,1-7H3,(H,24,29)/t23-/m0/s1. The van der Waals surface area contributed by atoms with Crippen molar-refractivity contribution in [1.82, 2.24) is 14.8 Å².